The molecule has 2 heterocycles. The van der Waals surface area contributed by atoms with Crippen LogP contribution < -0.4 is 14.8 Å². The Morgan fingerprint density at radius 2 is 2.07 bits per heavy atom. The zero-order valence-electron chi connectivity index (χ0n) is 15.9. The zero-order valence-corrected chi connectivity index (χ0v) is 15.9. The maximum absolute atomic E-state index is 13.1. The van der Waals surface area contributed by atoms with Crippen LogP contribution in [0, 0.1) is 5.92 Å². The Labute approximate surface area is 166 Å². The second-order valence-corrected chi connectivity index (χ2v) is 6.75. The quantitative estimate of drug-likeness (QED) is 0.794. The number of likely N-dealkylation sites (tertiary alicyclic amines) is 1. The summed E-state index contributed by atoms with van der Waals surface area (Å²) < 4.78 is 49.8. The van der Waals surface area contributed by atoms with E-state index in [-0.39, 0.29) is 18.6 Å². The Morgan fingerprint density at radius 1 is 1.28 bits per heavy atom. The number of piperidine rings is 1. The van der Waals surface area contributed by atoms with Crippen molar-refractivity contribution >= 4 is 11.7 Å². The van der Waals surface area contributed by atoms with Crippen LogP contribution in [0.15, 0.2) is 42.6 Å². The summed E-state index contributed by atoms with van der Waals surface area (Å²) in [6.45, 7) is 1.00. The number of hydrogen-bond acceptors (Lipinski definition) is 4. The van der Waals surface area contributed by atoms with Crippen LogP contribution in [-0.4, -0.2) is 42.7 Å². The summed E-state index contributed by atoms with van der Waals surface area (Å²) in [7, 11) is 1.52. The maximum Gasteiger partial charge on any atom is 0.421 e. The van der Waals surface area contributed by atoms with Gasteiger partial charge in [0.2, 0.25) is 5.88 Å². The number of amides is 2. The highest BCUT2D eigenvalue weighted by Gasteiger charge is 2.35. The van der Waals surface area contributed by atoms with E-state index < -0.39 is 17.6 Å². The first-order valence-electron chi connectivity index (χ1n) is 9.22. The molecule has 6 nitrogen and oxygen atoms in total. The maximum atomic E-state index is 13.1. The highest BCUT2D eigenvalue weighted by Crippen LogP contribution is 2.35. The average Bonchev–Trinajstić information content (AvgIpc) is 2.72. The van der Waals surface area contributed by atoms with Gasteiger partial charge in [0.15, 0.2) is 0 Å². The first kappa shape index (κ1) is 20.8. The van der Waals surface area contributed by atoms with E-state index >= 15 is 0 Å². The minimum Gasteiger partial charge on any atom is -0.495 e. The number of ether oxygens (including phenoxy) is 2. The first-order valence-corrected chi connectivity index (χ1v) is 9.22. The highest BCUT2D eigenvalue weighted by molar-refractivity contribution is 5.91. The molecular weight excluding hydrogens is 387 g/mol. The van der Waals surface area contributed by atoms with Crippen molar-refractivity contribution in [2.45, 2.75) is 19.0 Å². The molecule has 1 atom stereocenters. The molecule has 3 rings (SSSR count). The number of para-hydroxylation sites is 2. The molecule has 1 aromatic heterocycles. The van der Waals surface area contributed by atoms with E-state index in [1.807, 2.05) is 0 Å². The van der Waals surface area contributed by atoms with Gasteiger partial charge in [-0.3, -0.25) is 0 Å². The van der Waals surface area contributed by atoms with Gasteiger partial charge in [-0.15, -0.1) is 0 Å². The van der Waals surface area contributed by atoms with E-state index in [4.69, 9.17) is 9.47 Å². The molecule has 2 aromatic rings. The molecule has 0 aliphatic carbocycles. The summed E-state index contributed by atoms with van der Waals surface area (Å²) >= 11 is 0. The number of carbonyl (C=O) groups is 1. The molecular formula is C20H22F3N3O3. The fourth-order valence-corrected chi connectivity index (χ4v) is 3.25. The number of anilines is 1. The van der Waals surface area contributed by atoms with Crippen molar-refractivity contribution in [3.8, 4) is 11.6 Å². The number of methoxy groups -OCH3 is 1. The van der Waals surface area contributed by atoms with Crippen LogP contribution in [0.1, 0.15) is 18.4 Å². The summed E-state index contributed by atoms with van der Waals surface area (Å²) in [5.41, 5.74) is -0.344. The van der Waals surface area contributed by atoms with Gasteiger partial charge in [0.1, 0.15) is 11.3 Å². The van der Waals surface area contributed by atoms with Crippen molar-refractivity contribution in [1.82, 2.24) is 9.88 Å². The van der Waals surface area contributed by atoms with E-state index in [0.29, 0.717) is 24.5 Å². The van der Waals surface area contributed by atoms with Crippen LogP contribution in [0.25, 0.3) is 0 Å². The molecule has 0 bridgehead atoms. The molecule has 1 fully saturated rings. The van der Waals surface area contributed by atoms with Crippen LogP contribution >= 0.6 is 0 Å². The smallest absolute Gasteiger partial charge is 0.421 e. The molecule has 156 valence electrons. The summed E-state index contributed by atoms with van der Waals surface area (Å²) in [6, 6.07) is 8.95. The van der Waals surface area contributed by atoms with E-state index in [2.05, 4.69) is 10.3 Å². The molecule has 0 radical (unpaired) electrons. The van der Waals surface area contributed by atoms with Crippen molar-refractivity contribution in [3.63, 3.8) is 0 Å². The minimum atomic E-state index is -4.53. The molecule has 1 aliphatic rings. The largest absolute Gasteiger partial charge is 0.495 e. The molecule has 0 spiro atoms. The fraction of sp³-hybridized carbons (Fsp3) is 0.400. The number of pyridine rings is 1. The lowest BCUT2D eigenvalue weighted by Crippen LogP contribution is -2.43. The van der Waals surface area contributed by atoms with Crippen molar-refractivity contribution in [2.75, 3.05) is 32.1 Å². The lowest BCUT2D eigenvalue weighted by Gasteiger charge is -2.32. The van der Waals surface area contributed by atoms with Gasteiger partial charge in [-0.1, -0.05) is 12.1 Å². The third-order valence-corrected chi connectivity index (χ3v) is 4.69. The number of carbonyl (C=O) groups excluding carboxylic acids is 1. The molecule has 29 heavy (non-hydrogen) atoms. The third kappa shape index (κ3) is 5.30. The third-order valence-electron chi connectivity index (χ3n) is 4.69. The first-order chi connectivity index (χ1) is 13.9. The number of nitrogens with zero attached hydrogens (tertiary/aromatic N) is 2. The second kappa shape index (κ2) is 9.02. The predicted octanol–water partition coefficient (Wildman–Crippen LogP) is 4.43. The summed E-state index contributed by atoms with van der Waals surface area (Å²) in [6.07, 6.45) is -1.77. The van der Waals surface area contributed by atoms with E-state index in [0.717, 1.165) is 18.9 Å². The Kier molecular flexibility index (Phi) is 6.46. The van der Waals surface area contributed by atoms with E-state index in [9.17, 15) is 18.0 Å². The van der Waals surface area contributed by atoms with Gasteiger partial charge >= 0.3 is 12.2 Å². The number of aromatic nitrogens is 1. The van der Waals surface area contributed by atoms with Crippen molar-refractivity contribution in [2.24, 2.45) is 5.92 Å². The molecule has 1 aromatic carbocycles. The van der Waals surface area contributed by atoms with Gasteiger partial charge in [0.05, 0.1) is 19.4 Å². The zero-order chi connectivity index (χ0) is 20.9. The van der Waals surface area contributed by atoms with Gasteiger partial charge in [-0.05, 0) is 37.1 Å². The summed E-state index contributed by atoms with van der Waals surface area (Å²) in [5, 5.41) is 2.81. The SMILES string of the molecule is COc1ccccc1NC(=O)N1CCCC(COc2ncccc2C(F)(F)F)C1. The number of halogens is 3. The van der Waals surface area contributed by atoms with Gasteiger partial charge in [-0.25, -0.2) is 9.78 Å². The molecule has 1 aliphatic heterocycles. The molecule has 1 saturated heterocycles. The normalized spacial score (nSPS) is 17.0. The van der Waals surface area contributed by atoms with E-state index in [1.165, 1.54) is 19.4 Å². The van der Waals surface area contributed by atoms with Crippen LogP contribution in [0.5, 0.6) is 11.6 Å². The van der Waals surface area contributed by atoms with Gasteiger partial charge in [-0.2, -0.15) is 13.2 Å². The standard InChI is InChI=1S/C20H22F3N3O3/c1-28-17-9-3-2-8-16(17)25-19(27)26-11-5-6-14(12-26)13-29-18-15(20(21,22)23)7-4-10-24-18/h2-4,7-10,14H,5-6,11-13H2,1H3,(H,25,27). The Bertz CT molecular complexity index is 845. The van der Waals surface area contributed by atoms with Crippen LogP contribution in [0.4, 0.5) is 23.7 Å². The predicted molar refractivity (Wildman–Crippen MR) is 101 cm³/mol. The average molecular weight is 409 g/mol. The molecule has 9 heteroatoms. The number of benzene rings is 1. The topological polar surface area (TPSA) is 63.7 Å². The number of rotatable bonds is 5. The number of hydrogen-bond donors (Lipinski definition) is 1. The summed E-state index contributed by atoms with van der Waals surface area (Å²) in [5.74, 6) is 0.0263. The van der Waals surface area contributed by atoms with E-state index in [1.54, 1.807) is 29.2 Å². The highest BCUT2D eigenvalue weighted by atomic mass is 19.4. The van der Waals surface area contributed by atoms with Crippen molar-refractivity contribution in [3.05, 3.63) is 48.2 Å². The molecule has 1 unspecified atom stereocenters. The lowest BCUT2D eigenvalue weighted by molar-refractivity contribution is -0.139. The van der Waals surface area contributed by atoms with Crippen LogP contribution in [0.2, 0.25) is 0 Å². The van der Waals surface area contributed by atoms with Gasteiger partial charge in [0.25, 0.3) is 0 Å². The number of urea groups is 1. The summed E-state index contributed by atoms with van der Waals surface area (Å²) in [4.78, 5) is 17.9. The second-order valence-electron chi connectivity index (χ2n) is 6.75. The molecule has 2 amide bonds. The molecule has 1 N–H and O–H groups in total. The van der Waals surface area contributed by atoms with Crippen molar-refractivity contribution in [1.29, 1.82) is 0 Å². The fourth-order valence-electron chi connectivity index (χ4n) is 3.25. The number of alkyl halides is 3. The molecule has 0 saturated carbocycles. The van der Waals surface area contributed by atoms with Crippen LogP contribution in [0.3, 0.4) is 0 Å². The van der Waals surface area contributed by atoms with Crippen LogP contribution in [-0.2, 0) is 6.18 Å². The van der Waals surface area contributed by atoms with Gasteiger partial charge < -0.3 is 19.7 Å². The lowest BCUT2D eigenvalue weighted by atomic mass is 9.99. The van der Waals surface area contributed by atoms with Crippen molar-refractivity contribution < 1.29 is 27.4 Å². The van der Waals surface area contributed by atoms with Gasteiger partial charge in [0, 0.05) is 25.2 Å². The monoisotopic (exact) mass is 409 g/mol. The Balaban J connectivity index is 1.59. The minimum absolute atomic E-state index is 0.0541. The Hall–Kier alpha value is -2.97. The number of nitrogens with one attached hydrogen (secondary N) is 1. The Morgan fingerprint density at radius 3 is 2.83 bits per heavy atom.